The van der Waals surface area contributed by atoms with Crippen molar-refractivity contribution in [2.24, 2.45) is 5.73 Å². The number of benzene rings is 2. The first kappa shape index (κ1) is 13.7. The monoisotopic (exact) mass is 276 g/mol. The number of anilines is 1. The van der Waals surface area contributed by atoms with Crippen molar-refractivity contribution in [2.45, 2.75) is 0 Å². The van der Waals surface area contributed by atoms with E-state index in [1.165, 1.54) is 37.4 Å². The first-order valence-electron chi connectivity index (χ1n) is 5.72. The number of halogens is 1. The van der Waals surface area contributed by atoms with Crippen LogP contribution < -0.4 is 20.9 Å². The van der Waals surface area contributed by atoms with Crippen LogP contribution in [0.2, 0.25) is 0 Å². The number of hydrogen-bond acceptors (Lipinski definition) is 4. The Morgan fingerprint density at radius 1 is 1.15 bits per heavy atom. The summed E-state index contributed by atoms with van der Waals surface area (Å²) in [7, 11) is 1.43. The van der Waals surface area contributed by atoms with E-state index in [2.05, 4.69) is 0 Å². The molecule has 6 heteroatoms. The van der Waals surface area contributed by atoms with E-state index in [4.69, 9.17) is 20.9 Å². The number of primary amides is 1. The summed E-state index contributed by atoms with van der Waals surface area (Å²) >= 11 is 0. The van der Waals surface area contributed by atoms with Crippen molar-refractivity contribution in [2.75, 3.05) is 12.8 Å². The molecule has 5 nitrogen and oxygen atoms in total. The Morgan fingerprint density at radius 3 is 2.35 bits per heavy atom. The lowest BCUT2D eigenvalue weighted by atomic mass is 10.2. The van der Waals surface area contributed by atoms with E-state index in [9.17, 15) is 9.18 Å². The maximum atomic E-state index is 13.7. The molecule has 2 aromatic rings. The number of amides is 1. The van der Waals surface area contributed by atoms with Gasteiger partial charge >= 0.3 is 0 Å². The molecular formula is C14H13FN2O3. The third-order valence-electron chi connectivity index (χ3n) is 2.65. The summed E-state index contributed by atoms with van der Waals surface area (Å²) in [5.41, 5.74) is 11.2. The van der Waals surface area contributed by atoms with Crippen molar-refractivity contribution in [3.8, 4) is 17.2 Å². The summed E-state index contributed by atoms with van der Waals surface area (Å²) in [5.74, 6) is -0.502. The molecule has 0 radical (unpaired) electrons. The number of carbonyl (C=O) groups excluding carboxylic acids is 1. The van der Waals surface area contributed by atoms with E-state index in [1.54, 1.807) is 0 Å². The summed E-state index contributed by atoms with van der Waals surface area (Å²) in [6.45, 7) is 0. The number of carbonyl (C=O) groups is 1. The number of nitrogens with two attached hydrogens (primary N) is 2. The van der Waals surface area contributed by atoms with Crippen molar-refractivity contribution < 1.29 is 18.7 Å². The summed E-state index contributed by atoms with van der Waals surface area (Å²) in [4.78, 5) is 10.9. The lowest BCUT2D eigenvalue weighted by Gasteiger charge is -2.10. The van der Waals surface area contributed by atoms with Crippen LogP contribution in [0.1, 0.15) is 10.4 Å². The van der Waals surface area contributed by atoms with Gasteiger partial charge in [0.05, 0.1) is 12.8 Å². The molecule has 104 valence electrons. The van der Waals surface area contributed by atoms with E-state index in [0.717, 1.165) is 6.07 Å². The molecule has 0 saturated carbocycles. The molecule has 4 N–H and O–H groups in total. The van der Waals surface area contributed by atoms with Crippen molar-refractivity contribution in [1.82, 2.24) is 0 Å². The normalized spacial score (nSPS) is 10.1. The first-order chi connectivity index (χ1) is 9.51. The Labute approximate surface area is 114 Å². The van der Waals surface area contributed by atoms with Crippen LogP contribution in [0.25, 0.3) is 0 Å². The van der Waals surface area contributed by atoms with Crippen LogP contribution in [0.5, 0.6) is 17.2 Å². The number of methoxy groups -OCH3 is 1. The summed E-state index contributed by atoms with van der Waals surface area (Å²) in [6, 6.07) is 8.48. The second-order valence-corrected chi connectivity index (χ2v) is 4.02. The summed E-state index contributed by atoms with van der Waals surface area (Å²) < 4.78 is 24.1. The molecule has 0 aliphatic carbocycles. The summed E-state index contributed by atoms with van der Waals surface area (Å²) in [5, 5.41) is 0. The Morgan fingerprint density at radius 2 is 1.80 bits per heavy atom. The lowest BCUT2D eigenvalue weighted by Crippen LogP contribution is -2.10. The van der Waals surface area contributed by atoms with E-state index >= 15 is 0 Å². The minimum absolute atomic E-state index is 0.0251. The van der Waals surface area contributed by atoms with Gasteiger partial charge in [-0.1, -0.05) is 0 Å². The zero-order valence-corrected chi connectivity index (χ0v) is 10.7. The molecule has 0 aliphatic rings. The highest BCUT2D eigenvalue weighted by Crippen LogP contribution is 2.32. The van der Waals surface area contributed by atoms with Gasteiger partial charge in [0.15, 0.2) is 11.6 Å². The van der Waals surface area contributed by atoms with Crippen molar-refractivity contribution >= 4 is 11.6 Å². The Bertz CT molecular complexity index is 642. The van der Waals surface area contributed by atoms with Gasteiger partial charge in [-0.05, 0) is 24.3 Å². The lowest BCUT2D eigenvalue weighted by molar-refractivity contribution is 0.100. The van der Waals surface area contributed by atoms with E-state index in [-0.39, 0.29) is 11.4 Å². The quantitative estimate of drug-likeness (QED) is 0.839. The Kier molecular flexibility index (Phi) is 3.74. The van der Waals surface area contributed by atoms with Gasteiger partial charge in [0.25, 0.3) is 0 Å². The number of ether oxygens (including phenoxy) is 2. The second-order valence-electron chi connectivity index (χ2n) is 4.02. The van der Waals surface area contributed by atoms with E-state index < -0.39 is 11.7 Å². The highest BCUT2D eigenvalue weighted by Gasteiger charge is 2.11. The van der Waals surface area contributed by atoms with Gasteiger partial charge in [0, 0.05) is 17.7 Å². The molecule has 2 rings (SSSR count). The molecule has 0 spiro atoms. The molecule has 0 aliphatic heterocycles. The average molecular weight is 276 g/mol. The predicted octanol–water partition coefficient (Wildman–Crippen LogP) is 2.31. The summed E-state index contributed by atoms with van der Waals surface area (Å²) in [6.07, 6.45) is 0. The van der Waals surface area contributed by atoms with Crippen LogP contribution in [0, 0.1) is 5.82 Å². The minimum atomic E-state index is -0.609. The Balaban J connectivity index is 2.27. The largest absolute Gasteiger partial charge is 0.494 e. The predicted molar refractivity (Wildman–Crippen MR) is 72.4 cm³/mol. The standard InChI is InChI=1S/C14H13FN2O3/c1-19-13-7-12(10(15)6-11(13)16)20-9-4-2-8(3-5-9)14(17)18/h2-7H,16H2,1H3,(H2,17,18). The van der Waals surface area contributed by atoms with Gasteiger partial charge in [0.1, 0.15) is 11.5 Å². The molecule has 0 heterocycles. The smallest absolute Gasteiger partial charge is 0.248 e. The fourth-order valence-corrected chi connectivity index (χ4v) is 1.62. The van der Waals surface area contributed by atoms with Gasteiger partial charge in [0.2, 0.25) is 5.91 Å². The molecule has 2 aromatic carbocycles. The van der Waals surface area contributed by atoms with Gasteiger partial charge in [-0.3, -0.25) is 4.79 Å². The number of rotatable bonds is 4. The maximum Gasteiger partial charge on any atom is 0.248 e. The van der Waals surface area contributed by atoms with E-state index in [1.807, 2.05) is 0 Å². The molecule has 0 fully saturated rings. The topological polar surface area (TPSA) is 87.6 Å². The fourth-order valence-electron chi connectivity index (χ4n) is 1.62. The molecule has 0 saturated heterocycles. The van der Waals surface area contributed by atoms with Crippen LogP contribution in [0.15, 0.2) is 36.4 Å². The number of nitrogen functional groups attached to an aromatic ring is 1. The molecule has 1 amide bonds. The zero-order chi connectivity index (χ0) is 14.7. The zero-order valence-electron chi connectivity index (χ0n) is 10.7. The molecule has 20 heavy (non-hydrogen) atoms. The van der Waals surface area contributed by atoms with Crippen molar-refractivity contribution in [3.63, 3.8) is 0 Å². The van der Waals surface area contributed by atoms with Gasteiger partial charge in [-0.25, -0.2) is 4.39 Å². The highest BCUT2D eigenvalue weighted by molar-refractivity contribution is 5.92. The van der Waals surface area contributed by atoms with E-state index in [0.29, 0.717) is 17.1 Å². The van der Waals surface area contributed by atoms with Gasteiger partial charge < -0.3 is 20.9 Å². The van der Waals surface area contributed by atoms with Crippen LogP contribution in [-0.4, -0.2) is 13.0 Å². The van der Waals surface area contributed by atoms with Crippen LogP contribution >= 0.6 is 0 Å². The molecule has 0 atom stereocenters. The molecule has 0 bridgehead atoms. The molecule has 0 aromatic heterocycles. The third-order valence-corrected chi connectivity index (χ3v) is 2.65. The highest BCUT2D eigenvalue weighted by atomic mass is 19.1. The third kappa shape index (κ3) is 2.80. The van der Waals surface area contributed by atoms with Gasteiger partial charge in [-0.2, -0.15) is 0 Å². The maximum absolute atomic E-state index is 13.7. The van der Waals surface area contributed by atoms with Crippen LogP contribution in [-0.2, 0) is 0 Å². The van der Waals surface area contributed by atoms with Crippen LogP contribution in [0.4, 0.5) is 10.1 Å². The van der Waals surface area contributed by atoms with Crippen molar-refractivity contribution in [3.05, 3.63) is 47.8 Å². The van der Waals surface area contributed by atoms with Gasteiger partial charge in [-0.15, -0.1) is 0 Å². The molecule has 0 unspecified atom stereocenters. The first-order valence-corrected chi connectivity index (χ1v) is 5.72. The fraction of sp³-hybridized carbons (Fsp3) is 0.0714. The SMILES string of the molecule is COc1cc(Oc2ccc(C(N)=O)cc2)c(F)cc1N. The average Bonchev–Trinajstić information content (AvgIpc) is 2.42. The molecular weight excluding hydrogens is 263 g/mol. The minimum Gasteiger partial charge on any atom is -0.494 e. The van der Waals surface area contributed by atoms with Crippen molar-refractivity contribution in [1.29, 1.82) is 0 Å². The Hall–Kier alpha value is -2.76. The number of hydrogen-bond donors (Lipinski definition) is 2. The second kappa shape index (κ2) is 5.48. The van der Waals surface area contributed by atoms with Crippen LogP contribution in [0.3, 0.4) is 0 Å².